The van der Waals surface area contributed by atoms with E-state index in [0.717, 1.165) is 0 Å². The second kappa shape index (κ2) is 14.2. The van der Waals surface area contributed by atoms with Crippen LogP contribution in [-0.4, -0.2) is 63.5 Å². The Morgan fingerprint density at radius 2 is 1.53 bits per heavy atom. The number of ether oxygens (including phenoxy) is 2. The molecule has 5 N–H and O–H groups in total. The van der Waals surface area contributed by atoms with Crippen LogP contribution in [0.15, 0.2) is 24.3 Å². The van der Waals surface area contributed by atoms with Gasteiger partial charge in [0.25, 0.3) is 0 Å². The molecule has 0 aromatic heterocycles. The lowest BCUT2D eigenvalue weighted by Crippen LogP contribution is -2.44. The number of anilines is 2. The molecule has 0 saturated carbocycles. The van der Waals surface area contributed by atoms with Crippen molar-refractivity contribution in [2.45, 2.75) is 77.8 Å². The molecule has 0 spiro atoms. The van der Waals surface area contributed by atoms with Crippen molar-refractivity contribution in [3.05, 3.63) is 24.3 Å². The lowest BCUT2D eigenvalue weighted by Gasteiger charge is -2.29. The Morgan fingerprint density at radius 1 is 0.917 bits per heavy atom. The standard InChI is InChI=1S/C26H43BN4O5/c1-24(2,23(34)30-20-9-7-19(28)8-10-20)14-18-36-26(5,27)13-16-29-21(32)11-12-22(33)31-25(3,4)15-17-35-6/h7-10H,11-18,28H2,1-6H3,(H,29,32)(H,30,34)(H,31,33). The number of nitrogens with two attached hydrogens (primary N) is 1. The quantitative estimate of drug-likeness (QED) is 0.203. The van der Waals surface area contributed by atoms with E-state index < -0.39 is 16.5 Å². The predicted octanol–water partition coefficient (Wildman–Crippen LogP) is 2.74. The molecule has 3 amide bonds. The number of rotatable bonds is 16. The van der Waals surface area contributed by atoms with Crippen LogP contribution in [0.1, 0.15) is 66.7 Å². The maximum atomic E-state index is 12.6. The van der Waals surface area contributed by atoms with E-state index in [1.54, 1.807) is 38.3 Å². The highest BCUT2D eigenvalue weighted by atomic mass is 16.5. The van der Waals surface area contributed by atoms with Gasteiger partial charge in [-0.05, 0) is 64.3 Å². The molecule has 1 rings (SSSR count). The lowest BCUT2D eigenvalue weighted by atomic mass is 9.80. The lowest BCUT2D eigenvalue weighted by molar-refractivity contribution is -0.127. The van der Waals surface area contributed by atoms with Gasteiger partial charge in [0, 0.05) is 67.5 Å². The molecule has 0 heterocycles. The molecule has 0 saturated heterocycles. The van der Waals surface area contributed by atoms with Gasteiger partial charge in [-0.1, -0.05) is 13.8 Å². The van der Waals surface area contributed by atoms with E-state index in [4.69, 9.17) is 23.1 Å². The maximum absolute atomic E-state index is 12.6. The summed E-state index contributed by atoms with van der Waals surface area (Å²) in [6.07, 6.45) is 1.72. The summed E-state index contributed by atoms with van der Waals surface area (Å²) in [5.41, 5.74) is 4.94. The Hall–Kier alpha value is -2.59. The molecule has 1 aromatic carbocycles. The maximum Gasteiger partial charge on any atom is 0.230 e. The molecule has 200 valence electrons. The SMILES string of the molecule is [B]C(C)(CCNC(=O)CCC(=O)NC(C)(C)CCOC)OCCC(C)(C)C(=O)Nc1ccc(N)cc1. The Kier molecular flexibility index (Phi) is 12.4. The molecule has 36 heavy (non-hydrogen) atoms. The minimum Gasteiger partial charge on any atom is -0.399 e. The highest BCUT2D eigenvalue weighted by Gasteiger charge is 2.29. The van der Waals surface area contributed by atoms with Crippen LogP contribution in [0.2, 0.25) is 0 Å². The van der Waals surface area contributed by atoms with Gasteiger partial charge in [0.05, 0.1) is 0 Å². The molecule has 1 unspecified atom stereocenters. The zero-order chi connectivity index (χ0) is 27.4. The highest BCUT2D eigenvalue weighted by molar-refractivity contribution is 6.14. The summed E-state index contributed by atoms with van der Waals surface area (Å²) in [5.74, 6) is -0.537. The molecule has 1 aromatic rings. The van der Waals surface area contributed by atoms with Crippen molar-refractivity contribution in [3.8, 4) is 0 Å². The van der Waals surface area contributed by atoms with Crippen molar-refractivity contribution in [2.24, 2.45) is 5.41 Å². The van der Waals surface area contributed by atoms with Gasteiger partial charge < -0.3 is 31.2 Å². The average Bonchev–Trinajstić information content (AvgIpc) is 2.77. The first-order valence-electron chi connectivity index (χ1n) is 12.3. The monoisotopic (exact) mass is 502 g/mol. The largest absolute Gasteiger partial charge is 0.399 e. The summed E-state index contributed by atoms with van der Waals surface area (Å²) in [4.78, 5) is 36.9. The molecule has 1 atom stereocenters. The van der Waals surface area contributed by atoms with Gasteiger partial charge >= 0.3 is 0 Å². The zero-order valence-corrected chi connectivity index (χ0v) is 22.7. The van der Waals surface area contributed by atoms with Crippen LogP contribution in [-0.2, 0) is 23.9 Å². The first-order chi connectivity index (χ1) is 16.7. The topological polar surface area (TPSA) is 132 Å². The Labute approximate surface area is 217 Å². The minimum absolute atomic E-state index is 0.0889. The average molecular weight is 502 g/mol. The fourth-order valence-electron chi connectivity index (χ4n) is 3.22. The Bertz CT molecular complexity index is 856. The molecule has 0 aliphatic rings. The van der Waals surface area contributed by atoms with Gasteiger partial charge in [-0.2, -0.15) is 0 Å². The van der Waals surface area contributed by atoms with Crippen LogP contribution in [0.4, 0.5) is 11.4 Å². The summed E-state index contributed by atoms with van der Waals surface area (Å²) in [7, 11) is 7.83. The van der Waals surface area contributed by atoms with Gasteiger partial charge in [0.15, 0.2) is 0 Å². The van der Waals surface area contributed by atoms with Crippen LogP contribution >= 0.6 is 0 Å². The van der Waals surface area contributed by atoms with Crippen LogP contribution in [0, 0.1) is 5.41 Å². The molecule has 2 radical (unpaired) electrons. The molecule has 0 bridgehead atoms. The van der Waals surface area contributed by atoms with E-state index in [0.29, 0.717) is 43.8 Å². The van der Waals surface area contributed by atoms with Crippen molar-refractivity contribution < 1.29 is 23.9 Å². The van der Waals surface area contributed by atoms with Gasteiger partial charge in [0.1, 0.15) is 7.85 Å². The molecular weight excluding hydrogens is 459 g/mol. The Morgan fingerprint density at radius 3 is 2.14 bits per heavy atom. The second-order valence-corrected chi connectivity index (χ2v) is 10.6. The number of hydrogen-bond donors (Lipinski definition) is 4. The van der Waals surface area contributed by atoms with Gasteiger partial charge in [-0.3, -0.25) is 14.4 Å². The molecule has 0 aliphatic carbocycles. The summed E-state index contributed by atoms with van der Waals surface area (Å²) >= 11 is 0. The van der Waals surface area contributed by atoms with E-state index in [9.17, 15) is 14.4 Å². The van der Waals surface area contributed by atoms with E-state index in [1.807, 2.05) is 27.7 Å². The van der Waals surface area contributed by atoms with E-state index in [2.05, 4.69) is 16.0 Å². The number of methoxy groups -OCH3 is 1. The molecule has 9 nitrogen and oxygen atoms in total. The minimum atomic E-state index is -0.973. The highest BCUT2D eigenvalue weighted by Crippen LogP contribution is 2.24. The number of carbonyl (C=O) groups is 3. The van der Waals surface area contributed by atoms with Crippen molar-refractivity contribution in [2.75, 3.05) is 37.9 Å². The predicted molar refractivity (Wildman–Crippen MR) is 144 cm³/mol. The molecular formula is C26H43BN4O5. The first kappa shape index (κ1) is 31.4. The zero-order valence-electron chi connectivity index (χ0n) is 22.7. The molecule has 0 fully saturated rings. The van der Waals surface area contributed by atoms with Crippen molar-refractivity contribution in [3.63, 3.8) is 0 Å². The van der Waals surface area contributed by atoms with Gasteiger partial charge in [0.2, 0.25) is 17.7 Å². The number of amides is 3. The van der Waals surface area contributed by atoms with Crippen LogP contribution in [0.5, 0.6) is 0 Å². The summed E-state index contributed by atoms with van der Waals surface area (Å²) in [6.45, 7) is 10.4. The van der Waals surface area contributed by atoms with Gasteiger partial charge in [-0.15, -0.1) is 0 Å². The number of benzene rings is 1. The number of nitrogen functional groups attached to an aromatic ring is 1. The van der Waals surface area contributed by atoms with Crippen molar-refractivity contribution in [1.82, 2.24) is 10.6 Å². The third-order valence-corrected chi connectivity index (χ3v) is 5.87. The fraction of sp³-hybridized carbons (Fsp3) is 0.654. The summed E-state index contributed by atoms with van der Waals surface area (Å²) in [6, 6.07) is 6.96. The normalized spacial score (nSPS) is 13.5. The summed E-state index contributed by atoms with van der Waals surface area (Å²) in [5, 5.41) is 8.57. The molecule has 0 aliphatic heterocycles. The third kappa shape index (κ3) is 12.9. The van der Waals surface area contributed by atoms with Crippen LogP contribution in [0.25, 0.3) is 0 Å². The number of nitrogens with one attached hydrogen (secondary N) is 3. The second-order valence-electron chi connectivity index (χ2n) is 10.6. The fourth-order valence-corrected chi connectivity index (χ4v) is 3.22. The Balaban J connectivity index is 2.31. The summed E-state index contributed by atoms with van der Waals surface area (Å²) < 4.78 is 10.9. The number of hydrogen-bond acceptors (Lipinski definition) is 6. The van der Waals surface area contributed by atoms with E-state index in [1.165, 1.54) is 0 Å². The van der Waals surface area contributed by atoms with Crippen LogP contribution < -0.4 is 21.7 Å². The van der Waals surface area contributed by atoms with E-state index in [-0.39, 0.29) is 37.2 Å². The van der Waals surface area contributed by atoms with Crippen molar-refractivity contribution in [1.29, 1.82) is 0 Å². The van der Waals surface area contributed by atoms with Gasteiger partial charge in [-0.25, -0.2) is 0 Å². The third-order valence-electron chi connectivity index (χ3n) is 5.87. The van der Waals surface area contributed by atoms with Crippen molar-refractivity contribution >= 4 is 36.9 Å². The first-order valence-corrected chi connectivity index (χ1v) is 12.3. The smallest absolute Gasteiger partial charge is 0.230 e. The molecule has 10 heteroatoms. The number of carbonyl (C=O) groups excluding carboxylic acids is 3. The van der Waals surface area contributed by atoms with Crippen LogP contribution in [0.3, 0.4) is 0 Å². The van der Waals surface area contributed by atoms with E-state index >= 15 is 0 Å².